The second-order valence-electron chi connectivity index (χ2n) is 7.83. The van der Waals surface area contributed by atoms with Crippen molar-refractivity contribution >= 4 is 35.1 Å². The van der Waals surface area contributed by atoms with Crippen LogP contribution in [0.1, 0.15) is 37.6 Å². The number of carbonyl (C=O) groups is 1. The average Bonchev–Trinajstić information content (AvgIpc) is 3.26. The first-order valence-electron chi connectivity index (χ1n) is 10.4. The van der Waals surface area contributed by atoms with E-state index in [1.807, 2.05) is 29.7 Å². The van der Waals surface area contributed by atoms with E-state index in [0.29, 0.717) is 11.0 Å². The Balaban J connectivity index is 1.48. The topological polar surface area (TPSA) is 47.4 Å². The summed E-state index contributed by atoms with van der Waals surface area (Å²) >= 11 is 3.41. The summed E-state index contributed by atoms with van der Waals surface area (Å²) in [5, 5.41) is 1.44. The number of para-hydroxylation sites is 1. The minimum atomic E-state index is 0.152. The van der Waals surface area contributed by atoms with Crippen LogP contribution in [0, 0.1) is 13.8 Å². The summed E-state index contributed by atoms with van der Waals surface area (Å²) in [6.45, 7) is 8.82. The summed E-state index contributed by atoms with van der Waals surface area (Å²) in [5.41, 5.74) is 3.24. The number of anilines is 1. The van der Waals surface area contributed by atoms with Gasteiger partial charge in [0, 0.05) is 29.0 Å². The number of hydrogen-bond donors (Lipinski definition) is 0. The van der Waals surface area contributed by atoms with E-state index in [1.165, 1.54) is 10.6 Å². The maximum atomic E-state index is 13.2. The summed E-state index contributed by atoms with van der Waals surface area (Å²) in [6.07, 6.45) is 3.48. The van der Waals surface area contributed by atoms with Crippen LogP contribution in [0.25, 0.3) is 0 Å². The number of amides is 1. The van der Waals surface area contributed by atoms with Crippen molar-refractivity contribution < 1.29 is 9.53 Å². The molecule has 2 aliphatic rings. The van der Waals surface area contributed by atoms with E-state index in [0.717, 1.165) is 55.5 Å². The molecule has 1 saturated heterocycles. The van der Waals surface area contributed by atoms with Crippen LogP contribution in [-0.4, -0.2) is 45.7 Å². The Morgan fingerprint density at radius 2 is 2.14 bits per heavy atom. The number of rotatable bonds is 5. The molecule has 29 heavy (non-hydrogen) atoms. The lowest BCUT2D eigenvalue weighted by Gasteiger charge is -2.22. The highest BCUT2D eigenvalue weighted by Gasteiger charge is 2.25. The Labute approximate surface area is 181 Å². The largest absolute Gasteiger partial charge is 0.376 e. The first-order chi connectivity index (χ1) is 14.0. The van der Waals surface area contributed by atoms with Crippen molar-refractivity contribution in [2.24, 2.45) is 0 Å². The predicted octanol–water partition coefficient (Wildman–Crippen LogP) is 4.69. The van der Waals surface area contributed by atoms with Crippen molar-refractivity contribution in [1.29, 1.82) is 0 Å². The van der Waals surface area contributed by atoms with Crippen molar-refractivity contribution in [3.05, 3.63) is 35.7 Å². The van der Waals surface area contributed by atoms with Crippen LogP contribution in [0.15, 0.2) is 34.3 Å². The predicted molar refractivity (Wildman–Crippen MR) is 120 cm³/mol. The Hall–Kier alpha value is -1.44. The van der Waals surface area contributed by atoms with Crippen LogP contribution in [0.5, 0.6) is 0 Å². The molecule has 0 unspecified atom stereocenters. The van der Waals surface area contributed by atoms with Gasteiger partial charge in [0.25, 0.3) is 0 Å². The molecule has 7 heteroatoms. The van der Waals surface area contributed by atoms with Gasteiger partial charge in [0.2, 0.25) is 5.91 Å². The van der Waals surface area contributed by atoms with Gasteiger partial charge in [0.1, 0.15) is 0 Å². The van der Waals surface area contributed by atoms with Gasteiger partial charge in [-0.3, -0.25) is 4.79 Å². The Kier molecular flexibility index (Phi) is 6.56. The van der Waals surface area contributed by atoms with Gasteiger partial charge in [0.05, 0.1) is 29.8 Å². The normalized spacial score (nSPS) is 21.8. The number of ether oxygens (including phenoxy) is 1. The smallest absolute Gasteiger partial charge is 0.237 e. The van der Waals surface area contributed by atoms with Gasteiger partial charge in [-0.05, 0) is 45.2 Å². The van der Waals surface area contributed by atoms with E-state index in [-0.39, 0.29) is 12.0 Å². The molecule has 1 aromatic carbocycles. The molecule has 5 nitrogen and oxygen atoms in total. The fourth-order valence-corrected chi connectivity index (χ4v) is 5.98. The maximum Gasteiger partial charge on any atom is 0.237 e. The van der Waals surface area contributed by atoms with Crippen molar-refractivity contribution in [3.8, 4) is 0 Å². The molecule has 2 aromatic rings. The molecule has 1 aromatic heterocycles. The van der Waals surface area contributed by atoms with Crippen LogP contribution in [0.4, 0.5) is 5.69 Å². The van der Waals surface area contributed by atoms with Crippen molar-refractivity contribution in [2.75, 3.05) is 23.8 Å². The molecular formula is C22H29N3O2S2. The Morgan fingerprint density at radius 3 is 2.93 bits per heavy atom. The van der Waals surface area contributed by atoms with Gasteiger partial charge in [0.15, 0.2) is 5.16 Å². The standard InChI is InChI=1S/C22H29N3O2S2/c1-15-10-11-24(19-8-4-5-9-20(19)29-15)21(26)14-28-22-23-16(2)17(3)25(22)13-18-7-6-12-27-18/h4-5,8-9,15,18H,6-7,10-14H2,1-3H3/t15-,18-/m1/s1. The first-order valence-corrected chi connectivity index (χ1v) is 12.2. The number of aromatic nitrogens is 2. The highest BCUT2D eigenvalue weighted by Crippen LogP contribution is 2.37. The number of aryl methyl sites for hydroxylation is 1. The summed E-state index contributed by atoms with van der Waals surface area (Å²) < 4.78 is 8.06. The summed E-state index contributed by atoms with van der Waals surface area (Å²) in [6, 6.07) is 8.25. The third kappa shape index (κ3) is 4.67. The number of nitrogens with zero attached hydrogens (tertiary/aromatic N) is 3. The van der Waals surface area contributed by atoms with Gasteiger partial charge in [-0.25, -0.2) is 4.98 Å². The number of imidazole rings is 1. The highest BCUT2D eigenvalue weighted by atomic mass is 32.2. The van der Waals surface area contributed by atoms with E-state index in [4.69, 9.17) is 9.72 Å². The molecule has 4 rings (SSSR count). The molecule has 156 valence electrons. The Morgan fingerprint density at radius 1 is 1.31 bits per heavy atom. The van der Waals surface area contributed by atoms with Gasteiger partial charge in [-0.1, -0.05) is 30.8 Å². The SMILES string of the molecule is Cc1nc(SCC(=O)N2CC[C@@H](C)Sc3ccccc32)n(C[C@H]2CCCO2)c1C. The molecule has 2 atom stereocenters. The molecular weight excluding hydrogens is 402 g/mol. The van der Waals surface area contributed by atoms with Crippen molar-refractivity contribution in [2.45, 2.75) is 68.0 Å². The van der Waals surface area contributed by atoms with E-state index < -0.39 is 0 Å². The van der Waals surface area contributed by atoms with E-state index in [2.05, 4.69) is 36.6 Å². The van der Waals surface area contributed by atoms with E-state index in [9.17, 15) is 4.79 Å². The minimum Gasteiger partial charge on any atom is -0.376 e. The highest BCUT2D eigenvalue weighted by molar-refractivity contribution is 8.00. The molecule has 2 aliphatic heterocycles. The summed E-state index contributed by atoms with van der Waals surface area (Å²) in [5.74, 6) is 0.550. The number of hydrogen-bond acceptors (Lipinski definition) is 5. The van der Waals surface area contributed by atoms with Gasteiger partial charge < -0.3 is 14.2 Å². The molecule has 1 amide bonds. The second-order valence-corrected chi connectivity index (χ2v) is 10.3. The van der Waals surface area contributed by atoms with Gasteiger partial charge in [-0.15, -0.1) is 11.8 Å². The van der Waals surface area contributed by atoms with E-state index in [1.54, 1.807) is 11.8 Å². The van der Waals surface area contributed by atoms with Crippen LogP contribution in [-0.2, 0) is 16.1 Å². The molecule has 0 N–H and O–H groups in total. The lowest BCUT2D eigenvalue weighted by Crippen LogP contribution is -2.33. The fraction of sp³-hybridized carbons (Fsp3) is 0.545. The quantitative estimate of drug-likeness (QED) is 0.643. The molecule has 0 spiro atoms. The van der Waals surface area contributed by atoms with Crippen molar-refractivity contribution in [1.82, 2.24) is 9.55 Å². The first kappa shape index (κ1) is 20.8. The zero-order valence-electron chi connectivity index (χ0n) is 17.4. The molecule has 1 fully saturated rings. The van der Waals surface area contributed by atoms with Gasteiger partial charge in [-0.2, -0.15) is 0 Å². The van der Waals surface area contributed by atoms with E-state index >= 15 is 0 Å². The van der Waals surface area contributed by atoms with Crippen LogP contribution >= 0.6 is 23.5 Å². The second kappa shape index (κ2) is 9.14. The number of carbonyl (C=O) groups excluding carboxylic acids is 1. The number of benzene rings is 1. The van der Waals surface area contributed by atoms with Crippen LogP contribution in [0.3, 0.4) is 0 Å². The molecule has 0 aliphatic carbocycles. The lowest BCUT2D eigenvalue weighted by molar-refractivity contribution is -0.116. The average molecular weight is 432 g/mol. The lowest BCUT2D eigenvalue weighted by atomic mass is 10.2. The summed E-state index contributed by atoms with van der Waals surface area (Å²) in [7, 11) is 0. The number of thioether (sulfide) groups is 2. The maximum absolute atomic E-state index is 13.2. The molecule has 3 heterocycles. The molecule has 0 radical (unpaired) electrons. The van der Waals surface area contributed by atoms with Crippen molar-refractivity contribution in [3.63, 3.8) is 0 Å². The summed E-state index contributed by atoms with van der Waals surface area (Å²) in [4.78, 5) is 21.1. The third-order valence-corrected chi connectivity index (χ3v) is 7.90. The van der Waals surface area contributed by atoms with Gasteiger partial charge >= 0.3 is 0 Å². The zero-order valence-corrected chi connectivity index (χ0v) is 19.0. The monoisotopic (exact) mass is 431 g/mol. The molecule has 0 bridgehead atoms. The Bertz CT molecular complexity index is 877. The zero-order chi connectivity index (χ0) is 20.4. The fourth-order valence-electron chi connectivity index (χ4n) is 3.89. The molecule has 0 saturated carbocycles. The third-order valence-electron chi connectivity index (χ3n) is 5.70. The number of fused-ring (bicyclic) bond motifs is 1. The van der Waals surface area contributed by atoms with Crippen LogP contribution < -0.4 is 4.90 Å². The van der Waals surface area contributed by atoms with Crippen LogP contribution in [0.2, 0.25) is 0 Å². The minimum absolute atomic E-state index is 0.152.